The zero-order chi connectivity index (χ0) is 31.0. The Morgan fingerprint density at radius 3 is 2.55 bits per heavy atom. The number of ether oxygens (including phenoxy) is 3. The van der Waals surface area contributed by atoms with E-state index in [0.717, 1.165) is 68.0 Å². The number of carbonyl (C=O) groups excluding carboxylic acids is 2. The van der Waals surface area contributed by atoms with Crippen LogP contribution in [0.3, 0.4) is 0 Å². The number of methoxy groups -OCH3 is 1. The van der Waals surface area contributed by atoms with E-state index in [0.29, 0.717) is 28.7 Å². The van der Waals surface area contributed by atoms with Gasteiger partial charge in [-0.1, -0.05) is 5.92 Å². The van der Waals surface area contributed by atoms with Crippen molar-refractivity contribution in [3.63, 3.8) is 0 Å². The van der Waals surface area contributed by atoms with Gasteiger partial charge >= 0.3 is 12.1 Å². The van der Waals surface area contributed by atoms with Crippen LogP contribution >= 0.6 is 0 Å². The third kappa shape index (κ3) is 4.63. The normalized spacial score (nSPS) is 28.2. The van der Waals surface area contributed by atoms with Gasteiger partial charge < -0.3 is 19.1 Å². The minimum Gasteiger partial charge on any atom is -0.493 e. The molecule has 232 valence electrons. The van der Waals surface area contributed by atoms with Crippen LogP contribution in [0.2, 0.25) is 0 Å². The lowest BCUT2D eigenvalue weighted by atomic mass is 9.50. The molecule has 3 aliphatic carbocycles. The average molecular weight is 609 g/mol. The lowest BCUT2D eigenvalue weighted by Gasteiger charge is -2.60. The van der Waals surface area contributed by atoms with E-state index in [-0.39, 0.29) is 23.6 Å². The van der Waals surface area contributed by atoms with E-state index in [1.165, 1.54) is 31.9 Å². The van der Waals surface area contributed by atoms with Crippen LogP contribution in [0.1, 0.15) is 61.3 Å². The summed E-state index contributed by atoms with van der Waals surface area (Å²) >= 11 is 0. The quantitative estimate of drug-likeness (QED) is 0.272. The Morgan fingerprint density at radius 1 is 1.14 bits per heavy atom. The fourth-order valence-corrected chi connectivity index (χ4v) is 8.40. The standard InChI is InChI=1S/C34H35F3N2O5/c1-19(40)43-27-17-28(42-3)31-30-23(27)16-26-24-11-12-25(32(44-31)33(24,30)14-15-39(26)18-21-4-5-21)38(2)29(41)13-8-20-6-9-22(10-7-20)34(35,36)37/h6-7,9-10,17,21,24-26,32H,4-5,11-12,14-16,18H2,1-3H3/t24-,25+,26+,32-,33-/m0/s1. The largest absolute Gasteiger partial charge is 0.493 e. The van der Waals surface area contributed by atoms with Gasteiger partial charge in [0.05, 0.1) is 18.7 Å². The van der Waals surface area contributed by atoms with Crippen LogP contribution in [0.25, 0.3) is 0 Å². The monoisotopic (exact) mass is 608 g/mol. The van der Waals surface area contributed by atoms with Crippen molar-refractivity contribution in [2.24, 2.45) is 11.8 Å². The van der Waals surface area contributed by atoms with E-state index >= 15 is 0 Å². The highest BCUT2D eigenvalue weighted by Crippen LogP contribution is 2.66. The number of piperidine rings is 1. The SMILES string of the molecule is COc1cc(OC(C)=O)c2c3c1O[C@H]1[C@H](N(C)C(=O)C#Cc4ccc(C(F)(F)F)cc4)CC[C@H]4[C@@H](C2)N(CC2CC2)CC[C@@]341. The number of nitrogens with zero attached hydrogens (tertiary/aromatic N) is 2. The summed E-state index contributed by atoms with van der Waals surface area (Å²) in [5.41, 5.74) is 1.25. The van der Waals surface area contributed by atoms with E-state index in [9.17, 15) is 22.8 Å². The van der Waals surface area contributed by atoms with Gasteiger partial charge in [0.2, 0.25) is 0 Å². The molecule has 1 spiro atoms. The number of carbonyl (C=O) groups is 2. The van der Waals surface area contributed by atoms with Crippen molar-refractivity contribution >= 4 is 11.9 Å². The molecule has 2 aromatic rings. The smallest absolute Gasteiger partial charge is 0.416 e. The van der Waals surface area contributed by atoms with E-state index in [2.05, 4.69) is 16.7 Å². The number of likely N-dealkylation sites (N-methyl/N-ethyl adjacent to an activating group) is 1. The Kier molecular flexibility index (Phi) is 6.89. The van der Waals surface area contributed by atoms with Gasteiger partial charge in [0.1, 0.15) is 11.9 Å². The molecule has 5 aliphatic rings. The van der Waals surface area contributed by atoms with Crippen molar-refractivity contribution < 1.29 is 37.0 Å². The predicted octanol–water partition coefficient (Wildman–Crippen LogP) is 4.97. The van der Waals surface area contributed by atoms with Crippen molar-refractivity contribution in [2.75, 3.05) is 27.2 Å². The van der Waals surface area contributed by atoms with E-state index in [4.69, 9.17) is 14.2 Å². The molecule has 1 amide bonds. The Balaban J connectivity index is 1.24. The zero-order valence-corrected chi connectivity index (χ0v) is 25.0. The first-order valence-corrected chi connectivity index (χ1v) is 15.3. The van der Waals surface area contributed by atoms with Gasteiger partial charge in [0, 0.05) is 60.7 Å². The number of hydrogen-bond acceptors (Lipinski definition) is 6. The molecule has 2 aliphatic heterocycles. The van der Waals surface area contributed by atoms with Crippen LogP contribution in [0.4, 0.5) is 13.2 Å². The molecule has 7 rings (SSSR count). The van der Waals surface area contributed by atoms with Crippen LogP contribution < -0.4 is 14.2 Å². The summed E-state index contributed by atoms with van der Waals surface area (Å²) in [5, 5.41) is 0. The highest BCUT2D eigenvalue weighted by atomic mass is 19.4. The van der Waals surface area contributed by atoms with Gasteiger partial charge in [-0.3, -0.25) is 14.5 Å². The van der Waals surface area contributed by atoms with Crippen LogP contribution in [0.15, 0.2) is 30.3 Å². The molecule has 1 saturated heterocycles. The molecule has 5 atom stereocenters. The highest BCUT2D eigenvalue weighted by molar-refractivity contribution is 5.94. The lowest BCUT2D eigenvalue weighted by Crippen LogP contribution is -2.69. The summed E-state index contributed by atoms with van der Waals surface area (Å²) in [4.78, 5) is 29.9. The van der Waals surface area contributed by atoms with Crippen molar-refractivity contribution in [1.29, 1.82) is 0 Å². The maximum Gasteiger partial charge on any atom is 0.416 e. The maximum atomic E-state index is 13.4. The molecule has 7 nitrogen and oxygen atoms in total. The third-order valence-corrected chi connectivity index (χ3v) is 10.5. The van der Waals surface area contributed by atoms with Crippen molar-refractivity contribution in [2.45, 2.75) is 75.2 Å². The lowest BCUT2D eigenvalue weighted by molar-refractivity contribution is -0.137. The summed E-state index contributed by atoms with van der Waals surface area (Å²) in [6.45, 7) is 3.40. The summed E-state index contributed by atoms with van der Waals surface area (Å²) in [5.74, 6) is 7.32. The van der Waals surface area contributed by atoms with Gasteiger partial charge in [-0.2, -0.15) is 13.2 Å². The maximum absolute atomic E-state index is 13.4. The van der Waals surface area contributed by atoms with E-state index in [1.807, 2.05) is 0 Å². The minimum absolute atomic E-state index is 0.276. The molecule has 2 saturated carbocycles. The molecular weight excluding hydrogens is 573 g/mol. The van der Waals surface area contributed by atoms with Crippen LogP contribution in [-0.4, -0.2) is 67.1 Å². The molecule has 0 unspecified atom stereocenters. The first kappa shape index (κ1) is 29.0. The zero-order valence-electron chi connectivity index (χ0n) is 25.0. The van der Waals surface area contributed by atoms with Gasteiger partial charge in [0.25, 0.3) is 5.91 Å². The minimum atomic E-state index is -4.44. The summed E-state index contributed by atoms with van der Waals surface area (Å²) < 4.78 is 57.3. The third-order valence-electron chi connectivity index (χ3n) is 10.5. The second-order valence-electron chi connectivity index (χ2n) is 12.9. The van der Waals surface area contributed by atoms with Gasteiger partial charge in [-0.05, 0) is 81.2 Å². The molecule has 0 N–H and O–H groups in total. The fraction of sp³-hybridized carbons (Fsp3) is 0.529. The van der Waals surface area contributed by atoms with E-state index < -0.39 is 23.6 Å². The molecule has 3 fully saturated rings. The molecule has 10 heteroatoms. The van der Waals surface area contributed by atoms with Gasteiger partial charge in [0.15, 0.2) is 11.5 Å². The Hall–Kier alpha value is -3.71. The molecular formula is C34H35F3N2O5. The number of likely N-dealkylation sites (tertiary alicyclic amines) is 1. The van der Waals surface area contributed by atoms with Crippen LogP contribution in [-0.2, 0) is 27.6 Å². The second-order valence-corrected chi connectivity index (χ2v) is 12.9. The Labute approximate surface area is 254 Å². The van der Waals surface area contributed by atoms with Crippen molar-refractivity contribution in [3.8, 4) is 29.1 Å². The average Bonchev–Trinajstić information content (AvgIpc) is 3.74. The predicted molar refractivity (Wildman–Crippen MR) is 154 cm³/mol. The molecule has 2 aromatic carbocycles. The molecule has 0 radical (unpaired) electrons. The Morgan fingerprint density at radius 2 is 1.89 bits per heavy atom. The fourth-order valence-electron chi connectivity index (χ4n) is 8.40. The summed E-state index contributed by atoms with van der Waals surface area (Å²) in [6.07, 6.45) is 1.01. The van der Waals surface area contributed by atoms with E-state index in [1.54, 1.807) is 25.1 Å². The van der Waals surface area contributed by atoms with Gasteiger partial charge in [-0.25, -0.2) is 0 Å². The first-order valence-electron chi connectivity index (χ1n) is 15.3. The number of hydrogen-bond donors (Lipinski definition) is 0. The second kappa shape index (κ2) is 10.4. The van der Waals surface area contributed by atoms with Crippen molar-refractivity contribution in [1.82, 2.24) is 9.80 Å². The Bertz CT molecular complexity index is 1570. The number of esters is 1. The van der Waals surface area contributed by atoms with Gasteiger partial charge in [-0.15, -0.1) is 0 Å². The van der Waals surface area contributed by atoms with Crippen LogP contribution in [0, 0.1) is 23.7 Å². The number of halogens is 3. The number of rotatable bonds is 5. The summed E-state index contributed by atoms with van der Waals surface area (Å²) in [6, 6.07) is 6.23. The topological polar surface area (TPSA) is 68.3 Å². The highest BCUT2D eigenvalue weighted by Gasteiger charge is 2.67. The number of benzene rings is 2. The summed E-state index contributed by atoms with van der Waals surface area (Å²) in [7, 11) is 3.30. The van der Waals surface area contributed by atoms with Crippen molar-refractivity contribution in [3.05, 3.63) is 52.6 Å². The first-order chi connectivity index (χ1) is 21.0. The van der Waals surface area contributed by atoms with Crippen LogP contribution in [0.5, 0.6) is 17.2 Å². The molecule has 2 heterocycles. The number of amides is 1. The number of alkyl halides is 3. The molecule has 0 aromatic heterocycles. The molecule has 44 heavy (non-hydrogen) atoms. The molecule has 2 bridgehead atoms.